The molecule has 192 valence electrons. The number of rotatable bonds is 13. The number of carbonyl (C=O) groups excluding carboxylic acids is 3. The summed E-state index contributed by atoms with van der Waals surface area (Å²) in [5.74, 6) is -4.71. The minimum absolute atomic E-state index is 0.0797. The van der Waals surface area contributed by atoms with Gasteiger partial charge in [-0.05, 0) is 31.4 Å². The van der Waals surface area contributed by atoms with Crippen molar-refractivity contribution in [3.63, 3.8) is 0 Å². The number of nitrogens with one attached hydrogen (secondary N) is 2. The third-order valence-electron chi connectivity index (χ3n) is 4.72. The topological polar surface area (TPSA) is 161 Å². The van der Waals surface area contributed by atoms with Crippen LogP contribution in [0.1, 0.15) is 63.1 Å². The molecule has 1 rings (SSSR count). The Kier molecular flexibility index (Phi) is 12.3. The Labute approximate surface area is 203 Å². The molecule has 1 aromatic heterocycles. The lowest BCUT2D eigenvalue weighted by atomic mass is 10.0. The highest BCUT2D eigenvalue weighted by atomic mass is 19.1. The van der Waals surface area contributed by atoms with Crippen molar-refractivity contribution in [3.8, 4) is 0 Å². The van der Waals surface area contributed by atoms with Crippen LogP contribution in [0.3, 0.4) is 0 Å². The van der Waals surface area contributed by atoms with Gasteiger partial charge >= 0.3 is 11.9 Å². The molecule has 1 aromatic rings. The number of hydrogen-bond acceptors (Lipinski definition) is 7. The van der Waals surface area contributed by atoms with Crippen LogP contribution in [0.5, 0.6) is 0 Å². The van der Waals surface area contributed by atoms with Crippen LogP contribution in [0.4, 0.5) is 4.39 Å². The van der Waals surface area contributed by atoms with Gasteiger partial charge in [-0.25, -0.2) is 14.2 Å². The number of nitrogens with zero attached hydrogens (tertiary/aromatic N) is 1. The van der Waals surface area contributed by atoms with Crippen LogP contribution >= 0.6 is 0 Å². The molecular formula is C24H33FN4O6. The van der Waals surface area contributed by atoms with E-state index < -0.39 is 54.1 Å². The second kappa shape index (κ2) is 14.6. The molecular weight excluding hydrogens is 459 g/mol. The van der Waals surface area contributed by atoms with Gasteiger partial charge in [-0.3, -0.25) is 14.4 Å². The van der Waals surface area contributed by atoms with Gasteiger partial charge in [0.25, 0.3) is 11.8 Å². The molecule has 2 atom stereocenters. The van der Waals surface area contributed by atoms with Crippen LogP contribution < -0.4 is 16.4 Å². The number of amides is 2. The van der Waals surface area contributed by atoms with Crippen LogP contribution in [-0.4, -0.2) is 46.0 Å². The van der Waals surface area contributed by atoms with E-state index in [1.54, 1.807) is 19.9 Å². The van der Waals surface area contributed by atoms with Gasteiger partial charge in [-0.15, -0.1) is 0 Å². The fraction of sp³-hybridized carbons (Fsp3) is 0.458. The zero-order valence-corrected chi connectivity index (χ0v) is 20.3. The molecule has 0 saturated carbocycles. The van der Waals surface area contributed by atoms with Crippen LogP contribution in [0.2, 0.25) is 0 Å². The highest BCUT2D eigenvalue weighted by Crippen LogP contribution is 2.11. The lowest BCUT2D eigenvalue weighted by Gasteiger charge is -2.23. The number of allylic oxidation sites excluding steroid dienone is 2. The molecule has 0 bridgehead atoms. The Balaban J connectivity index is 2.96. The molecule has 0 saturated heterocycles. The molecule has 0 aromatic carbocycles. The minimum atomic E-state index is -1.14. The summed E-state index contributed by atoms with van der Waals surface area (Å²) < 4.78 is 19.1. The summed E-state index contributed by atoms with van der Waals surface area (Å²) in [4.78, 5) is 53.2. The summed E-state index contributed by atoms with van der Waals surface area (Å²) in [5, 5.41) is 13.9. The van der Waals surface area contributed by atoms with Crippen LogP contribution in [0.25, 0.3) is 0 Å². The molecule has 0 fully saturated rings. The van der Waals surface area contributed by atoms with Crippen molar-refractivity contribution in [2.24, 2.45) is 11.7 Å². The molecule has 0 unspecified atom stereocenters. The van der Waals surface area contributed by atoms with Gasteiger partial charge in [0.05, 0.1) is 12.1 Å². The first kappa shape index (κ1) is 29.4. The number of unbranched alkanes of at least 4 members (excludes halogenated alkanes) is 1. The zero-order chi connectivity index (χ0) is 26.5. The number of halogens is 1. The van der Waals surface area contributed by atoms with Gasteiger partial charge in [-0.1, -0.05) is 39.3 Å². The molecule has 2 amide bonds. The number of carbonyl (C=O) groups is 4. The average molecular weight is 493 g/mol. The fourth-order valence-electron chi connectivity index (χ4n) is 2.89. The van der Waals surface area contributed by atoms with E-state index >= 15 is 0 Å². The van der Waals surface area contributed by atoms with Crippen molar-refractivity contribution in [2.45, 2.75) is 65.6 Å². The number of nitrogens with two attached hydrogens (primary N) is 1. The quantitative estimate of drug-likeness (QED) is 0.185. The Hall–Kier alpha value is -3.60. The van der Waals surface area contributed by atoms with E-state index in [2.05, 4.69) is 15.6 Å². The van der Waals surface area contributed by atoms with Gasteiger partial charge < -0.3 is 26.2 Å². The van der Waals surface area contributed by atoms with Crippen molar-refractivity contribution < 1.29 is 33.4 Å². The third kappa shape index (κ3) is 10.0. The summed E-state index contributed by atoms with van der Waals surface area (Å²) in [7, 11) is 0. The number of ether oxygens (including phenoxy) is 1. The zero-order valence-electron chi connectivity index (χ0n) is 20.3. The summed E-state index contributed by atoms with van der Waals surface area (Å²) in [6, 6.07) is 0.873. The monoisotopic (exact) mass is 492 g/mol. The fourth-order valence-corrected chi connectivity index (χ4v) is 2.89. The normalized spacial score (nSPS) is 13.4. The molecule has 10 nitrogen and oxygen atoms in total. The highest BCUT2D eigenvalue weighted by Gasteiger charge is 2.29. The molecule has 0 aliphatic carbocycles. The van der Waals surface area contributed by atoms with E-state index in [-0.39, 0.29) is 23.6 Å². The van der Waals surface area contributed by atoms with Crippen LogP contribution in [0.15, 0.2) is 36.1 Å². The average Bonchev–Trinajstić information content (AvgIpc) is 2.79. The summed E-state index contributed by atoms with van der Waals surface area (Å²) >= 11 is 0. The molecule has 0 spiro atoms. The van der Waals surface area contributed by atoms with Crippen molar-refractivity contribution >= 4 is 23.8 Å². The van der Waals surface area contributed by atoms with Crippen molar-refractivity contribution in [3.05, 3.63) is 53.3 Å². The standard InChI is InChI=1S/C24H33FN4O6/c1-5-7-8-9-17(12-20(30)31)35-24(34)21(14(3)4)29-22(32)18(6-2)28-23(33)19-11-15(25)10-16(13-26)27-19/h6,8-11,14,17,21H,5,7,12-13,26H2,1-4H3,(H,28,33)(H,29,32)(H,30,31)/b9-8+,18-6-/t17-,21+/m1/s1. The van der Waals surface area contributed by atoms with Gasteiger partial charge in [0.1, 0.15) is 29.4 Å². The maximum absolute atomic E-state index is 13.7. The Bertz CT molecular complexity index is 977. The third-order valence-corrected chi connectivity index (χ3v) is 4.72. The van der Waals surface area contributed by atoms with Gasteiger partial charge in [0.15, 0.2) is 0 Å². The van der Waals surface area contributed by atoms with Crippen LogP contribution in [0, 0.1) is 11.7 Å². The largest absolute Gasteiger partial charge is 0.481 e. The van der Waals surface area contributed by atoms with E-state index in [1.165, 1.54) is 19.1 Å². The SMILES string of the molecule is C/C=C(\NC(=O)c1cc(F)cc(CN)n1)C(=O)N[C@H](C(=O)O[C@H](/C=C/CCC)CC(=O)O)C(C)C. The van der Waals surface area contributed by atoms with Gasteiger partial charge in [0, 0.05) is 12.6 Å². The van der Waals surface area contributed by atoms with E-state index in [0.717, 1.165) is 18.6 Å². The Morgan fingerprint density at radius 2 is 1.94 bits per heavy atom. The highest BCUT2D eigenvalue weighted by molar-refractivity contribution is 6.03. The van der Waals surface area contributed by atoms with E-state index in [4.69, 9.17) is 15.6 Å². The summed E-state index contributed by atoms with van der Waals surface area (Å²) in [6.07, 6.45) is 4.65. The number of aliphatic carboxylic acids is 1. The molecule has 0 aliphatic heterocycles. The van der Waals surface area contributed by atoms with Crippen molar-refractivity contribution in [2.75, 3.05) is 0 Å². The predicted octanol–water partition coefficient (Wildman–Crippen LogP) is 2.20. The lowest BCUT2D eigenvalue weighted by molar-refractivity contribution is -0.154. The molecule has 11 heteroatoms. The first-order valence-corrected chi connectivity index (χ1v) is 11.3. The second-order valence-electron chi connectivity index (χ2n) is 8.01. The smallest absolute Gasteiger partial charge is 0.329 e. The summed E-state index contributed by atoms with van der Waals surface area (Å²) in [6.45, 7) is 6.70. The Morgan fingerprint density at radius 1 is 1.26 bits per heavy atom. The first-order chi connectivity index (χ1) is 16.5. The number of pyridine rings is 1. The van der Waals surface area contributed by atoms with Crippen molar-refractivity contribution in [1.29, 1.82) is 0 Å². The molecule has 35 heavy (non-hydrogen) atoms. The molecule has 1 heterocycles. The van der Waals surface area contributed by atoms with E-state index in [1.807, 2.05) is 6.92 Å². The molecule has 5 N–H and O–H groups in total. The van der Waals surface area contributed by atoms with E-state index in [0.29, 0.717) is 6.42 Å². The predicted molar refractivity (Wildman–Crippen MR) is 126 cm³/mol. The summed E-state index contributed by atoms with van der Waals surface area (Å²) in [5.41, 5.74) is 5.15. The molecule has 0 aliphatic rings. The van der Waals surface area contributed by atoms with Gasteiger partial charge in [0.2, 0.25) is 0 Å². The maximum Gasteiger partial charge on any atom is 0.329 e. The first-order valence-electron chi connectivity index (χ1n) is 11.3. The van der Waals surface area contributed by atoms with E-state index in [9.17, 15) is 23.6 Å². The number of carboxylic acid groups (broad SMARTS) is 1. The second-order valence-corrected chi connectivity index (χ2v) is 8.01. The minimum Gasteiger partial charge on any atom is -0.481 e. The maximum atomic E-state index is 13.7. The van der Waals surface area contributed by atoms with Crippen molar-refractivity contribution in [1.82, 2.24) is 15.6 Å². The number of carboxylic acids is 1. The number of hydrogen-bond donors (Lipinski definition) is 4. The molecule has 0 radical (unpaired) electrons. The lowest BCUT2D eigenvalue weighted by Crippen LogP contribution is -2.48. The number of aromatic nitrogens is 1. The number of esters is 1. The van der Waals surface area contributed by atoms with Crippen LogP contribution in [-0.2, 0) is 25.7 Å². The van der Waals surface area contributed by atoms with Gasteiger partial charge in [-0.2, -0.15) is 0 Å². The Morgan fingerprint density at radius 3 is 2.49 bits per heavy atom.